The number of carboxylic acids is 2. The summed E-state index contributed by atoms with van der Waals surface area (Å²) in [5, 5.41) is 21.3. The Labute approximate surface area is 97.0 Å². The Balaban J connectivity index is 5.28. The van der Waals surface area contributed by atoms with Gasteiger partial charge in [0.1, 0.15) is 0 Å². The van der Waals surface area contributed by atoms with Crippen LogP contribution >= 0.6 is 0 Å². The fourth-order valence-corrected chi connectivity index (χ4v) is 0.932. The normalized spacial score (nSPS) is 10.5. The van der Waals surface area contributed by atoms with E-state index >= 15 is 0 Å². The maximum absolute atomic E-state index is 11.1. The minimum absolute atomic E-state index is 0.107. The molecule has 0 aromatic heterocycles. The standard InChI is InChI=1S/C9H14N2O6/c1-3-5(12)10-9(7(14)15,8(16)17)11-6(13)4-2/h3-4H2,1-2H3,(H,10,12)(H,11,13)(H,14,15)(H,16,17). The molecule has 0 spiro atoms. The summed E-state index contributed by atoms with van der Waals surface area (Å²) in [5.41, 5.74) is -2.82. The van der Waals surface area contributed by atoms with Gasteiger partial charge < -0.3 is 20.8 Å². The zero-order chi connectivity index (χ0) is 13.6. The van der Waals surface area contributed by atoms with Gasteiger partial charge in [-0.2, -0.15) is 0 Å². The van der Waals surface area contributed by atoms with Crippen molar-refractivity contribution in [2.24, 2.45) is 0 Å². The number of hydrogen-bond acceptors (Lipinski definition) is 4. The van der Waals surface area contributed by atoms with Crippen molar-refractivity contribution in [2.45, 2.75) is 32.4 Å². The number of carbonyl (C=O) groups excluding carboxylic acids is 2. The molecular weight excluding hydrogens is 232 g/mol. The summed E-state index contributed by atoms with van der Waals surface area (Å²) in [5.74, 6) is -5.33. The minimum Gasteiger partial charge on any atom is -0.478 e. The molecule has 2 amide bonds. The Bertz CT molecular complexity index is 317. The van der Waals surface area contributed by atoms with Gasteiger partial charge in [0, 0.05) is 12.8 Å². The van der Waals surface area contributed by atoms with E-state index in [0.717, 1.165) is 0 Å². The van der Waals surface area contributed by atoms with Crippen LogP contribution in [0.25, 0.3) is 0 Å². The van der Waals surface area contributed by atoms with Gasteiger partial charge in [0.2, 0.25) is 11.8 Å². The first kappa shape index (κ1) is 14.9. The summed E-state index contributed by atoms with van der Waals surface area (Å²) >= 11 is 0. The van der Waals surface area contributed by atoms with Crippen molar-refractivity contribution in [3.8, 4) is 0 Å². The van der Waals surface area contributed by atoms with Gasteiger partial charge in [-0.25, -0.2) is 9.59 Å². The quantitative estimate of drug-likeness (QED) is 0.347. The first-order chi connectivity index (χ1) is 7.80. The Morgan fingerprint density at radius 2 is 1.18 bits per heavy atom. The lowest BCUT2D eigenvalue weighted by molar-refractivity contribution is -0.165. The van der Waals surface area contributed by atoms with Crippen LogP contribution in [0.2, 0.25) is 0 Å². The van der Waals surface area contributed by atoms with Crippen LogP contribution in [0.3, 0.4) is 0 Å². The lowest BCUT2D eigenvalue weighted by Gasteiger charge is -2.26. The molecule has 0 aromatic carbocycles. The smallest absolute Gasteiger partial charge is 0.362 e. The Morgan fingerprint density at radius 3 is 1.35 bits per heavy atom. The Hall–Kier alpha value is -2.12. The fourth-order valence-electron chi connectivity index (χ4n) is 0.932. The molecule has 17 heavy (non-hydrogen) atoms. The summed E-state index contributed by atoms with van der Waals surface area (Å²) in [6.07, 6.45) is -0.214. The van der Waals surface area contributed by atoms with Crippen LogP contribution in [-0.4, -0.2) is 39.6 Å². The van der Waals surface area contributed by atoms with Crippen LogP contribution in [0.4, 0.5) is 0 Å². The highest BCUT2D eigenvalue weighted by atomic mass is 16.4. The molecule has 4 N–H and O–H groups in total. The highest BCUT2D eigenvalue weighted by Crippen LogP contribution is 2.03. The summed E-state index contributed by atoms with van der Waals surface area (Å²) in [6.45, 7) is 2.84. The number of amides is 2. The van der Waals surface area contributed by atoms with E-state index in [-0.39, 0.29) is 12.8 Å². The molecule has 0 rings (SSSR count). The second-order valence-corrected chi connectivity index (χ2v) is 3.16. The first-order valence-corrected chi connectivity index (χ1v) is 4.89. The molecule has 0 saturated heterocycles. The Kier molecular flexibility index (Phi) is 5.10. The third kappa shape index (κ3) is 3.44. The van der Waals surface area contributed by atoms with Crippen molar-refractivity contribution in [1.29, 1.82) is 0 Å². The molecule has 0 aromatic rings. The second-order valence-electron chi connectivity index (χ2n) is 3.16. The molecular formula is C9H14N2O6. The van der Waals surface area contributed by atoms with Crippen molar-refractivity contribution < 1.29 is 29.4 Å². The number of hydrogen-bond donors (Lipinski definition) is 4. The maximum Gasteiger partial charge on any atom is 0.362 e. The molecule has 0 aliphatic carbocycles. The van der Waals surface area contributed by atoms with E-state index in [9.17, 15) is 19.2 Å². The molecule has 0 bridgehead atoms. The van der Waals surface area contributed by atoms with Gasteiger partial charge in [0.25, 0.3) is 0 Å². The number of aliphatic carboxylic acids is 2. The van der Waals surface area contributed by atoms with Gasteiger partial charge in [-0.05, 0) is 0 Å². The molecule has 8 heteroatoms. The first-order valence-electron chi connectivity index (χ1n) is 4.89. The van der Waals surface area contributed by atoms with Crippen LogP contribution in [0, 0.1) is 0 Å². The van der Waals surface area contributed by atoms with Crippen molar-refractivity contribution in [3.63, 3.8) is 0 Å². The third-order valence-corrected chi connectivity index (χ3v) is 1.94. The van der Waals surface area contributed by atoms with Gasteiger partial charge in [-0.1, -0.05) is 13.8 Å². The molecule has 0 radical (unpaired) electrons. The second kappa shape index (κ2) is 5.83. The molecule has 0 saturated carbocycles. The highest BCUT2D eigenvalue weighted by molar-refractivity contribution is 6.08. The predicted octanol–water partition coefficient (Wildman–Crippen LogP) is -1.10. The molecule has 0 unspecified atom stereocenters. The summed E-state index contributed by atoms with van der Waals surface area (Å²) in [6, 6.07) is 0. The van der Waals surface area contributed by atoms with E-state index in [0.29, 0.717) is 0 Å². The van der Waals surface area contributed by atoms with E-state index in [1.165, 1.54) is 13.8 Å². The van der Waals surface area contributed by atoms with E-state index < -0.39 is 29.4 Å². The number of carboxylic acid groups (broad SMARTS) is 2. The van der Waals surface area contributed by atoms with Gasteiger partial charge in [-0.15, -0.1) is 0 Å². The van der Waals surface area contributed by atoms with E-state index in [2.05, 4.69) is 0 Å². The van der Waals surface area contributed by atoms with E-state index in [4.69, 9.17) is 10.2 Å². The van der Waals surface area contributed by atoms with Crippen molar-refractivity contribution in [3.05, 3.63) is 0 Å². The number of rotatable bonds is 6. The van der Waals surface area contributed by atoms with Gasteiger partial charge in [0.05, 0.1) is 0 Å². The van der Waals surface area contributed by atoms with Crippen LogP contribution in [0.5, 0.6) is 0 Å². The van der Waals surface area contributed by atoms with E-state index in [1.807, 2.05) is 0 Å². The van der Waals surface area contributed by atoms with Gasteiger partial charge in [-0.3, -0.25) is 9.59 Å². The fraction of sp³-hybridized carbons (Fsp3) is 0.556. The van der Waals surface area contributed by atoms with Gasteiger partial charge in [0.15, 0.2) is 0 Å². The van der Waals surface area contributed by atoms with Crippen LogP contribution < -0.4 is 10.6 Å². The van der Waals surface area contributed by atoms with E-state index in [1.54, 1.807) is 10.6 Å². The van der Waals surface area contributed by atoms with Gasteiger partial charge >= 0.3 is 17.6 Å². The van der Waals surface area contributed by atoms with Crippen LogP contribution in [0.15, 0.2) is 0 Å². The molecule has 0 aliphatic heterocycles. The molecule has 8 nitrogen and oxygen atoms in total. The molecule has 96 valence electrons. The summed E-state index contributed by atoms with van der Waals surface area (Å²) in [4.78, 5) is 44.1. The average Bonchev–Trinajstić information content (AvgIpc) is 2.26. The summed E-state index contributed by atoms with van der Waals surface area (Å²) < 4.78 is 0. The minimum atomic E-state index is -2.82. The molecule has 0 aliphatic rings. The number of nitrogens with one attached hydrogen (secondary N) is 2. The lowest BCUT2D eigenvalue weighted by atomic mass is 10.1. The monoisotopic (exact) mass is 246 g/mol. The average molecular weight is 246 g/mol. The highest BCUT2D eigenvalue weighted by Gasteiger charge is 2.49. The SMILES string of the molecule is CCC(=O)NC(NC(=O)CC)(C(=O)O)C(=O)O. The van der Waals surface area contributed by atoms with Crippen LogP contribution in [0.1, 0.15) is 26.7 Å². The Morgan fingerprint density at radius 1 is 0.882 bits per heavy atom. The molecule has 0 fully saturated rings. The number of carbonyl (C=O) groups is 4. The third-order valence-electron chi connectivity index (χ3n) is 1.94. The zero-order valence-electron chi connectivity index (χ0n) is 9.44. The lowest BCUT2D eigenvalue weighted by Crippen LogP contribution is -2.70. The molecule has 0 atom stereocenters. The predicted molar refractivity (Wildman–Crippen MR) is 54.9 cm³/mol. The zero-order valence-corrected chi connectivity index (χ0v) is 9.44. The van der Waals surface area contributed by atoms with Crippen LogP contribution in [-0.2, 0) is 19.2 Å². The topological polar surface area (TPSA) is 133 Å². The summed E-state index contributed by atoms with van der Waals surface area (Å²) in [7, 11) is 0. The maximum atomic E-state index is 11.1. The van der Waals surface area contributed by atoms with Crippen molar-refractivity contribution in [2.75, 3.05) is 0 Å². The van der Waals surface area contributed by atoms with Crippen molar-refractivity contribution >= 4 is 23.8 Å². The van der Waals surface area contributed by atoms with Crippen molar-refractivity contribution in [1.82, 2.24) is 10.6 Å². The molecule has 0 heterocycles. The largest absolute Gasteiger partial charge is 0.478 e.